The van der Waals surface area contributed by atoms with Gasteiger partial charge in [-0.3, -0.25) is 4.79 Å². The van der Waals surface area contributed by atoms with Gasteiger partial charge in [-0.2, -0.15) is 4.31 Å². The Bertz CT molecular complexity index is 1110. The number of ether oxygens (including phenoxy) is 1. The van der Waals surface area contributed by atoms with Crippen molar-refractivity contribution in [1.29, 1.82) is 0 Å². The van der Waals surface area contributed by atoms with Gasteiger partial charge >= 0.3 is 0 Å². The molecule has 31 heavy (non-hydrogen) atoms. The van der Waals surface area contributed by atoms with Gasteiger partial charge in [0.1, 0.15) is 4.90 Å². The minimum atomic E-state index is -4.03. The van der Waals surface area contributed by atoms with Crippen LogP contribution in [0.2, 0.25) is 5.02 Å². The Morgan fingerprint density at radius 2 is 1.55 bits per heavy atom. The number of sulfonamides is 1. The summed E-state index contributed by atoms with van der Waals surface area (Å²) in [4.78, 5) is 11.8. The molecule has 0 unspecified atom stereocenters. The number of benzene rings is 2. The van der Waals surface area contributed by atoms with Gasteiger partial charge in [0.25, 0.3) is 0 Å². The number of hydrogen-bond donors (Lipinski definition) is 1. The van der Waals surface area contributed by atoms with Crippen LogP contribution in [0, 0.1) is 29.1 Å². The quantitative estimate of drug-likeness (QED) is 0.402. The normalized spacial score (nSPS) is 15.2. The molecule has 3 rings (SSSR count). The third-order valence-corrected chi connectivity index (χ3v) is 6.82. The highest BCUT2D eigenvalue weighted by Crippen LogP contribution is 2.29. The predicted octanol–water partition coefficient (Wildman–Crippen LogP) is 3.24. The van der Waals surface area contributed by atoms with Crippen molar-refractivity contribution in [2.45, 2.75) is 11.3 Å². The molecule has 0 spiro atoms. The van der Waals surface area contributed by atoms with Crippen LogP contribution < -0.4 is 5.32 Å². The second-order valence-electron chi connectivity index (χ2n) is 6.44. The molecule has 2 aromatic rings. The van der Waals surface area contributed by atoms with E-state index in [4.69, 9.17) is 16.3 Å². The lowest BCUT2D eigenvalue weighted by atomic mass is 10.1. The Morgan fingerprint density at radius 3 is 2.13 bits per heavy atom. The highest BCUT2D eigenvalue weighted by Gasteiger charge is 2.29. The number of halogens is 6. The number of nitrogens with zero attached hydrogens (tertiary/aromatic N) is 1. The molecular weight excluding hydrogens is 471 g/mol. The molecule has 13 heteroatoms. The summed E-state index contributed by atoms with van der Waals surface area (Å²) in [6, 6.07) is 3.43. The average molecular weight is 485 g/mol. The fraction of sp³-hybridized carbons (Fsp3) is 0.278. The smallest absolute Gasteiger partial charge is 0.244 e. The summed E-state index contributed by atoms with van der Waals surface area (Å²) in [6.45, 7) is 0.565. The zero-order chi connectivity index (χ0) is 22.9. The van der Waals surface area contributed by atoms with Gasteiger partial charge in [0.05, 0.1) is 24.7 Å². The van der Waals surface area contributed by atoms with Crippen LogP contribution in [0.3, 0.4) is 0 Å². The number of morpholine rings is 1. The maximum absolute atomic E-state index is 13.8. The molecule has 0 saturated carbocycles. The van der Waals surface area contributed by atoms with Gasteiger partial charge in [-0.1, -0.05) is 11.6 Å². The van der Waals surface area contributed by atoms with Gasteiger partial charge in [0, 0.05) is 24.3 Å². The lowest BCUT2D eigenvalue weighted by Crippen LogP contribution is -2.40. The molecule has 0 aliphatic carbocycles. The van der Waals surface area contributed by atoms with Gasteiger partial charge in [-0.15, -0.1) is 0 Å². The molecule has 0 bridgehead atoms. The fourth-order valence-corrected chi connectivity index (χ4v) is 4.78. The van der Waals surface area contributed by atoms with Crippen molar-refractivity contribution in [1.82, 2.24) is 4.31 Å². The molecule has 1 N–H and O–H groups in total. The third kappa shape index (κ3) is 4.66. The molecule has 0 atom stereocenters. The fourth-order valence-electron chi connectivity index (χ4n) is 2.88. The largest absolute Gasteiger partial charge is 0.379 e. The zero-order valence-corrected chi connectivity index (χ0v) is 17.1. The van der Waals surface area contributed by atoms with Crippen LogP contribution >= 0.6 is 11.6 Å². The van der Waals surface area contributed by atoms with Gasteiger partial charge < -0.3 is 10.1 Å². The molecule has 1 aliphatic rings. The van der Waals surface area contributed by atoms with Gasteiger partial charge in [-0.05, 0) is 18.2 Å². The summed E-state index contributed by atoms with van der Waals surface area (Å²) in [5.74, 6) is -12.1. The maximum Gasteiger partial charge on any atom is 0.244 e. The van der Waals surface area contributed by atoms with Crippen molar-refractivity contribution in [3.63, 3.8) is 0 Å². The van der Waals surface area contributed by atoms with Gasteiger partial charge in [0.2, 0.25) is 21.7 Å². The number of rotatable bonds is 5. The molecular formula is C18H14ClF5N2O4S. The molecule has 168 valence electrons. The lowest BCUT2D eigenvalue weighted by molar-refractivity contribution is -0.115. The number of nitrogens with one attached hydrogen (secondary N) is 1. The van der Waals surface area contributed by atoms with E-state index in [9.17, 15) is 35.2 Å². The number of carbonyl (C=O) groups is 1. The summed E-state index contributed by atoms with van der Waals surface area (Å²) < 4.78 is 99.1. The molecule has 1 fully saturated rings. The molecule has 1 amide bonds. The molecule has 6 nitrogen and oxygen atoms in total. The Morgan fingerprint density at radius 1 is 1.00 bits per heavy atom. The number of hydrogen-bond acceptors (Lipinski definition) is 4. The molecule has 0 aromatic heterocycles. The van der Waals surface area contributed by atoms with E-state index in [0.29, 0.717) is 0 Å². The first-order valence-corrected chi connectivity index (χ1v) is 10.5. The Hall–Kier alpha value is -2.28. The number of amides is 1. The number of anilines is 1. The van der Waals surface area contributed by atoms with Crippen molar-refractivity contribution in [2.24, 2.45) is 0 Å². The summed E-state index contributed by atoms with van der Waals surface area (Å²) in [5.41, 5.74) is -1.42. The van der Waals surface area contributed by atoms with Crippen molar-refractivity contribution in [3.05, 3.63) is 57.9 Å². The Kier molecular flexibility index (Phi) is 6.84. The van der Waals surface area contributed by atoms with Crippen LogP contribution in [-0.2, 0) is 26.0 Å². The minimum absolute atomic E-state index is 0.0928. The summed E-state index contributed by atoms with van der Waals surface area (Å²) in [6.07, 6.45) is -1.18. The maximum atomic E-state index is 13.8. The van der Waals surface area contributed by atoms with E-state index in [-0.39, 0.29) is 41.9 Å². The van der Waals surface area contributed by atoms with E-state index in [1.54, 1.807) is 0 Å². The van der Waals surface area contributed by atoms with E-state index in [1.165, 1.54) is 12.1 Å². The van der Waals surface area contributed by atoms with E-state index >= 15 is 0 Å². The molecule has 1 saturated heterocycles. The number of carbonyl (C=O) groups excluding carboxylic acids is 1. The highest BCUT2D eigenvalue weighted by atomic mass is 35.5. The Labute approximate surface area is 178 Å². The highest BCUT2D eigenvalue weighted by molar-refractivity contribution is 7.89. The molecule has 2 aromatic carbocycles. The first-order valence-electron chi connectivity index (χ1n) is 8.71. The van der Waals surface area contributed by atoms with E-state index in [0.717, 1.165) is 10.4 Å². The summed E-state index contributed by atoms with van der Waals surface area (Å²) in [7, 11) is -4.03. The molecule has 0 radical (unpaired) electrons. The SMILES string of the molecule is O=C(Cc1c(F)c(F)c(F)c(F)c1F)Nc1ccc(Cl)c(S(=O)(=O)N2CCOCC2)c1. The first kappa shape index (κ1) is 23.4. The van der Waals surface area contributed by atoms with Crippen LogP contribution in [0.15, 0.2) is 23.1 Å². The van der Waals surface area contributed by atoms with Crippen LogP contribution in [0.25, 0.3) is 0 Å². The first-order chi connectivity index (χ1) is 14.5. The van der Waals surface area contributed by atoms with Crippen LogP contribution in [-0.4, -0.2) is 44.9 Å². The summed E-state index contributed by atoms with van der Waals surface area (Å²) >= 11 is 5.99. The van der Waals surface area contributed by atoms with Crippen molar-refractivity contribution < 1.29 is 39.9 Å². The van der Waals surface area contributed by atoms with Crippen LogP contribution in [0.4, 0.5) is 27.6 Å². The van der Waals surface area contributed by atoms with Crippen molar-refractivity contribution in [3.8, 4) is 0 Å². The third-order valence-electron chi connectivity index (χ3n) is 4.44. The van der Waals surface area contributed by atoms with E-state index < -0.39 is 57.0 Å². The monoisotopic (exact) mass is 484 g/mol. The lowest BCUT2D eigenvalue weighted by Gasteiger charge is -2.26. The molecule has 1 aliphatic heterocycles. The predicted molar refractivity (Wildman–Crippen MR) is 99.6 cm³/mol. The molecule has 1 heterocycles. The summed E-state index contributed by atoms with van der Waals surface area (Å²) in [5, 5.41) is 2.03. The average Bonchev–Trinajstić information content (AvgIpc) is 2.75. The van der Waals surface area contributed by atoms with Gasteiger partial charge in [-0.25, -0.2) is 30.4 Å². The minimum Gasteiger partial charge on any atom is -0.379 e. The second-order valence-corrected chi connectivity index (χ2v) is 8.75. The second kappa shape index (κ2) is 9.07. The van der Waals surface area contributed by atoms with Crippen LogP contribution in [0.5, 0.6) is 0 Å². The Balaban J connectivity index is 1.85. The van der Waals surface area contributed by atoms with Gasteiger partial charge in [0.15, 0.2) is 23.3 Å². The van der Waals surface area contributed by atoms with Crippen molar-refractivity contribution in [2.75, 3.05) is 31.6 Å². The van der Waals surface area contributed by atoms with Crippen LogP contribution in [0.1, 0.15) is 5.56 Å². The van der Waals surface area contributed by atoms with Crippen molar-refractivity contribution >= 4 is 33.2 Å². The van der Waals surface area contributed by atoms with E-state index in [2.05, 4.69) is 5.32 Å². The standard InChI is InChI=1S/C18H14ClF5N2O4S/c19-11-2-1-9(7-12(11)31(28,29)26-3-5-30-6-4-26)25-13(27)8-10-14(20)16(22)18(24)17(23)15(10)21/h1-2,7H,3-6,8H2,(H,25,27). The topological polar surface area (TPSA) is 75.7 Å². The van der Waals surface area contributed by atoms with E-state index in [1.807, 2.05) is 0 Å². The zero-order valence-electron chi connectivity index (χ0n) is 15.5.